The van der Waals surface area contributed by atoms with Crippen LogP contribution in [-0.2, 0) is 10.0 Å². The largest absolute Gasteiger partial charge is 0.332 e. The monoisotopic (exact) mass is 445 g/mol. The number of nitrogens with zero attached hydrogens (tertiary/aromatic N) is 1. The second-order valence-electron chi connectivity index (χ2n) is 6.31. The Kier molecular flexibility index (Phi) is 6.27. The molecule has 158 valence electrons. The third-order valence-electron chi connectivity index (χ3n) is 4.20. The number of hydrogen-bond acceptors (Lipinski definition) is 4. The lowest BCUT2D eigenvalue weighted by Crippen LogP contribution is -2.28. The van der Waals surface area contributed by atoms with Gasteiger partial charge in [-0.25, -0.2) is 21.6 Å². The van der Waals surface area contributed by atoms with Crippen LogP contribution in [-0.4, -0.2) is 14.3 Å². The first kappa shape index (κ1) is 21.9. The first-order valence-corrected chi connectivity index (χ1v) is 10.2. The quantitative estimate of drug-likeness (QED) is 0.601. The minimum atomic E-state index is -4.23. The Balaban J connectivity index is 1.84. The van der Waals surface area contributed by atoms with Gasteiger partial charge in [0.05, 0.1) is 16.7 Å². The van der Waals surface area contributed by atoms with Gasteiger partial charge in [0, 0.05) is 17.2 Å². The first-order chi connectivity index (χ1) is 14.7. The van der Waals surface area contributed by atoms with Crippen LogP contribution in [0.2, 0.25) is 0 Å². The summed E-state index contributed by atoms with van der Waals surface area (Å²) in [6.45, 7) is 0. The van der Waals surface area contributed by atoms with Gasteiger partial charge in [0.2, 0.25) is 0 Å². The van der Waals surface area contributed by atoms with E-state index in [1.54, 1.807) is 6.07 Å². The van der Waals surface area contributed by atoms with E-state index in [2.05, 4.69) is 10.0 Å². The van der Waals surface area contributed by atoms with E-state index in [0.717, 1.165) is 24.3 Å². The molecule has 1 atom stereocenters. The zero-order valence-electron chi connectivity index (χ0n) is 15.6. The maximum Gasteiger partial charge on any atom is 0.262 e. The molecule has 10 heteroatoms. The number of anilines is 1. The predicted molar refractivity (Wildman–Crippen MR) is 106 cm³/mol. The lowest BCUT2D eigenvalue weighted by atomic mass is 10.1. The number of sulfonamides is 1. The molecule has 3 aromatic rings. The van der Waals surface area contributed by atoms with Crippen LogP contribution < -0.4 is 10.0 Å². The highest BCUT2D eigenvalue weighted by molar-refractivity contribution is 7.92. The van der Waals surface area contributed by atoms with Gasteiger partial charge in [-0.15, -0.1) is 0 Å². The van der Waals surface area contributed by atoms with Gasteiger partial charge in [0.15, 0.2) is 0 Å². The second kappa shape index (κ2) is 8.89. The number of benzene rings is 3. The second-order valence-corrected chi connectivity index (χ2v) is 8.00. The fourth-order valence-electron chi connectivity index (χ4n) is 2.68. The molecule has 0 radical (unpaired) electrons. The zero-order valence-corrected chi connectivity index (χ0v) is 16.5. The minimum absolute atomic E-state index is 0.140. The van der Waals surface area contributed by atoms with Gasteiger partial charge >= 0.3 is 0 Å². The average Bonchev–Trinajstić information content (AvgIpc) is 2.74. The number of hydrogen-bond donors (Lipinski definition) is 2. The van der Waals surface area contributed by atoms with Crippen LogP contribution in [0.1, 0.15) is 22.0 Å². The average molecular weight is 445 g/mol. The lowest BCUT2D eigenvalue weighted by molar-refractivity contribution is 0.0944. The van der Waals surface area contributed by atoms with Crippen molar-refractivity contribution in [2.75, 3.05) is 4.72 Å². The van der Waals surface area contributed by atoms with Crippen molar-refractivity contribution in [3.8, 4) is 6.07 Å². The number of carbonyl (C=O) groups is 1. The molecule has 0 heterocycles. The Hall–Kier alpha value is -3.84. The summed E-state index contributed by atoms with van der Waals surface area (Å²) in [5.41, 5.74) is -0.657. The number of carbonyl (C=O) groups excluding carboxylic acids is 1. The molecule has 0 saturated carbocycles. The summed E-state index contributed by atoms with van der Waals surface area (Å²) in [7, 11) is -4.23. The van der Waals surface area contributed by atoms with E-state index < -0.39 is 39.4 Å². The predicted octanol–water partition coefficient (Wildman–Crippen LogP) is 3.90. The fraction of sp³-hybridized carbons (Fsp3) is 0.0476. The molecule has 1 amide bonds. The SMILES string of the molecule is N#CC(NC(=O)c1cccc(S(=O)(=O)Nc2ccccc2F)c1)c1ccc(F)cc1F. The molecule has 1 unspecified atom stereocenters. The Morgan fingerprint density at radius 3 is 2.35 bits per heavy atom. The van der Waals surface area contributed by atoms with Crippen LogP contribution in [0.3, 0.4) is 0 Å². The normalized spacial score (nSPS) is 11.9. The van der Waals surface area contributed by atoms with E-state index in [1.165, 1.54) is 36.4 Å². The zero-order chi connectivity index (χ0) is 22.6. The van der Waals surface area contributed by atoms with Crippen molar-refractivity contribution in [3.63, 3.8) is 0 Å². The molecule has 0 aliphatic rings. The molecule has 31 heavy (non-hydrogen) atoms. The Morgan fingerprint density at radius 1 is 0.935 bits per heavy atom. The maximum absolute atomic E-state index is 13.9. The summed E-state index contributed by atoms with van der Waals surface area (Å²) < 4.78 is 68.0. The van der Waals surface area contributed by atoms with Crippen LogP contribution in [0.4, 0.5) is 18.9 Å². The first-order valence-electron chi connectivity index (χ1n) is 8.74. The highest BCUT2D eigenvalue weighted by Gasteiger charge is 2.21. The summed E-state index contributed by atoms with van der Waals surface area (Å²) in [4.78, 5) is 12.2. The molecule has 3 rings (SSSR count). The van der Waals surface area contributed by atoms with Crippen LogP contribution >= 0.6 is 0 Å². The van der Waals surface area contributed by atoms with Gasteiger partial charge in [-0.05, 0) is 36.4 Å². The van der Waals surface area contributed by atoms with Crippen LogP contribution in [0.15, 0.2) is 71.6 Å². The summed E-state index contributed by atoms with van der Waals surface area (Å²) in [6.07, 6.45) is 0. The number of nitriles is 1. The molecule has 0 aromatic heterocycles. The number of amides is 1. The van der Waals surface area contributed by atoms with E-state index in [9.17, 15) is 31.6 Å². The third-order valence-corrected chi connectivity index (χ3v) is 5.57. The van der Waals surface area contributed by atoms with Crippen molar-refractivity contribution < 1.29 is 26.4 Å². The van der Waals surface area contributed by atoms with Crippen LogP contribution in [0.25, 0.3) is 0 Å². The summed E-state index contributed by atoms with van der Waals surface area (Å²) in [5, 5.41) is 11.5. The fourth-order valence-corrected chi connectivity index (χ4v) is 3.79. The minimum Gasteiger partial charge on any atom is -0.332 e. The smallest absolute Gasteiger partial charge is 0.262 e. The molecule has 0 bridgehead atoms. The van der Waals surface area contributed by atoms with E-state index in [0.29, 0.717) is 6.07 Å². The van der Waals surface area contributed by atoms with Crippen molar-refractivity contribution in [1.29, 1.82) is 5.26 Å². The molecule has 0 saturated heterocycles. The van der Waals surface area contributed by atoms with E-state index in [1.807, 2.05) is 0 Å². The number of nitrogens with one attached hydrogen (secondary N) is 2. The topological polar surface area (TPSA) is 99.1 Å². The van der Waals surface area contributed by atoms with Gasteiger partial charge in [-0.2, -0.15) is 5.26 Å². The third kappa shape index (κ3) is 5.02. The van der Waals surface area contributed by atoms with E-state index in [4.69, 9.17) is 0 Å². The summed E-state index contributed by atoms with van der Waals surface area (Å²) in [6, 6.07) is 12.7. The Bertz CT molecular complexity index is 1290. The molecule has 0 spiro atoms. The molecule has 0 aliphatic heterocycles. The van der Waals surface area contributed by atoms with E-state index >= 15 is 0 Å². The molecule has 6 nitrogen and oxygen atoms in total. The maximum atomic E-state index is 13.9. The number of para-hydroxylation sites is 1. The van der Waals surface area contributed by atoms with Crippen molar-refractivity contribution in [1.82, 2.24) is 5.32 Å². The molecular formula is C21H14F3N3O3S. The number of halogens is 3. The van der Waals surface area contributed by atoms with Gasteiger partial charge in [0.25, 0.3) is 15.9 Å². The molecule has 2 N–H and O–H groups in total. The van der Waals surface area contributed by atoms with Crippen molar-refractivity contribution >= 4 is 21.6 Å². The molecule has 0 aliphatic carbocycles. The standard InChI is InChI=1S/C21H14F3N3O3S/c22-14-8-9-16(18(24)11-14)20(12-25)26-21(28)13-4-3-5-15(10-13)31(29,30)27-19-7-2-1-6-17(19)23/h1-11,20,27H,(H,26,28). The number of rotatable bonds is 6. The van der Waals surface area contributed by atoms with E-state index in [-0.39, 0.29) is 21.7 Å². The van der Waals surface area contributed by atoms with Crippen molar-refractivity contribution in [2.45, 2.75) is 10.9 Å². The summed E-state index contributed by atoms with van der Waals surface area (Å²) in [5.74, 6) is -3.50. The van der Waals surface area contributed by atoms with Gasteiger partial charge < -0.3 is 5.32 Å². The Morgan fingerprint density at radius 2 is 1.68 bits per heavy atom. The van der Waals surface area contributed by atoms with Gasteiger partial charge in [-0.3, -0.25) is 9.52 Å². The highest BCUT2D eigenvalue weighted by Crippen LogP contribution is 2.21. The van der Waals surface area contributed by atoms with Crippen molar-refractivity contribution in [3.05, 3.63) is 95.3 Å². The van der Waals surface area contributed by atoms with Gasteiger partial charge in [-0.1, -0.05) is 24.3 Å². The summed E-state index contributed by atoms with van der Waals surface area (Å²) >= 11 is 0. The molecule has 3 aromatic carbocycles. The molecule has 0 fully saturated rings. The van der Waals surface area contributed by atoms with Crippen LogP contribution in [0, 0.1) is 28.8 Å². The molecular weight excluding hydrogens is 431 g/mol. The van der Waals surface area contributed by atoms with Crippen LogP contribution in [0.5, 0.6) is 0 Å². The van der Waals surface area contributed by atoms with Gasteiger partial charge in [0.1, 0.15) is 23.5 Å². The Labute approximate surface area is 176 Å². The lowest BCUT2D eigenvalue weighted by Gasteiger charge is -2.14. The highest BCUT2D eigenvalue weighted by atomic mass is 32.2. The van der Waals surface area contributed by atoms with Crippen molar-refractivity contribution in [2.24, 2.45) is 0 Å².